The van der Waals surface area contributed by atoms with E-state index in [1.165, 1.54) is 0 Å². The maximum Gasteiger partial charge on any atom is 0.232 e. The van der Waals surface area contributed by atoms with Gasteiger partial charge in [0.15, 0.2) is 0 Å². The lowest BCUT2D eigenvalue weighted by molar-refractivity contribution is -0.117. The van der Waals surface area contributed by atoms with Gasteiger partial charge >= 0.3 is 0 Å². The Bertz CT molecular complexity index is 900. The summed E-state index contributed by atoms with van der Waals surface area (Å²) < 4.78 is 5.44. The SMILES string of the molecule is Cc1cccc(C)c1N1CC(c2nc(-c3ccncc3)no2)CC1=O. The molecule has 6 nitrogen and oxygen atoms in total. The molecule has 0 bridgehead atoms. The molecule has 0 radical (unpaired) electrons. The number of nitrogens with zero attached hydrogens (tertiary/aromatic N) is 4. The molecule has 6 heteroatoms. The minimum absolute atomic E-state index is 0.0883. The van der Waals surface area contributed by atoms with Crippen LogP contribution in [0.25, 0.3) is 11.4 Å². The largest absolute Gasteiger partial charge is 0.339 e. The van der Waals surface area contributed by atoms with Gasteiger partial charge in [0, 0.05) is 36.6 Å². The molecule has 4 rings (SSSR count). The van der Waals surface area contributed by atoms with Gasteiger partial charge in [-0.15, -0.1) is 0 Å². The zero-order valence-electron chi connectivity index (χ0n) is 14.1. The van der Waals surface area contributed by atoms with Crippen LogP contribution in [-0.2, 0) is 4.79 Å². The summed E-state index contributed by atoms with van der Waals surface area (Å²) in [5.74, 6) is 1.03. The van der Waals surface area contributed by atoms with Gasteiger partial charge in [-0.25, -0.2) is 0 Å². The van der Waals surface area contributed by atoms with Crippen molar-refractivity contribution in [2.24, 2.45) is 0 Å². The van der Waals surface area contributed by atoms with Crippen LogP contribution >= 0.6 is 0 Å². The number of hydrogen-bond acceptors (Lipinski definition) is 5. The molecule has 1 atom stereocenters. The Labute approximate surface area is 145 Å². The van der Waals surface area contributed by atoms with Gasteiger partial charge in [0.05, 0.1) is 5.92 Å². The van der Waals surface area contributed by atoms with Crippen LogP contribution in [0.1, 0.15) is 29.4 Å². The van der Waals surface area contributed by atoms with Crippen molar-refractivity contribution in [3.05, 3.63) is 59.7 Å². The molecule has 1 aliphatic heterocycles. The van der Waals surface area contributed by atoms with Crippen molar-refractivity contribution in [1.29, 1.82) is 0 Å². The molecule has 1 aliphatic rings. The summed E-state index contributed by atoms with van der Waals surface area (Å²) in [4.78, 5) is 22.9. The first-order valence-corrected chi connectivity index (χ1v) is 8.24. The Balaban J connectivity index is 1.60. The van der Waals surface area contributed by atoms with E-state index < -0.39 is 0 Å². The predicted octanol–water partition coefficient (Wildman–Crippen LogP) is 3.27. The van der Waals surface area contributed by atoms with Crippen LogP contribution < -0.4 is 4.90 Å². The second-order valence-electron chi connectivity index (χ2n) is 6.34. The molecule has 1 saturated heterocycles. The summed E-state index contributed by atoms with van der Waals surface area (Å²) in [6.07, 6.45) is 3.76. The Kier molecular flexibility index (Phi) is 3.80. The van der Waals surface area contributed by atoms with E-state index in [2.05, 4.69) is 15.1 Å². The molecular formula is C19H18N4O2. The molecule has 1 fully saturated rings. The first kappa shape index (κ1) is 15.5. The van der Waals surface area contributed by atoms with E-state index in [1.54, 1.807) is 12.4 Å². The van der Waals surface area contributed by atoms with Crippen molar-refractivity contribution < 1.29 is 9.32 Å². The molecule has 0 spiro atoms. The number of pyridine rings is 1. The van der Waals surface area contributed by atoms with Crippen LogP contribution in [-0.4, -0.2) is 27.6 Å². The topological polar surface area (TPSA) is 72.1 Å². The molecule has 3 aromatic rings. The molecule has 126 valence electrons. The van der Waals surface area contributed by atoms with Crippen LogP contribution in [0.3, 0.4) is 0 Å². The highest BCUT2D eigenvalue weighted by Gasteiger charge is 2.36. The van der Waals surface area contributed by atoms with Gasteiger partial charge in [-0.3, -0.25) is 9.78 Å². The number of aromatic nitrogens is 3. The summed E-state index contributed by atoms with van der Waals surface area (Å²) in [5, 5.41) is 4.05. The average Bonchev–Trinajstić information content (AvgIpc) is 3.23. The standard InChI is InChI=1S/C19H18N4O2/c1-12-4-3-5-13(2)17(12)23-11-15(10-16(23)24)19-21-18(22-25-19)14-6-8-20-9-7-14/h3-9,15H,10-11H2,1-2H3. The fraction of sp³-hybridized carbons (Fsp3) is 0.263. The predicted molar refractivity (Wildman–Crippen MR) is 93.2 cm³/mol. The summed E-state index contributed by atoms with van der Waals surface area (Å²) in [6, 6.07) is 9.72. The van der Waals surface area contributed by atoms with E-state index in [0.717, 1.165) is 22.4 Å². The summed E-state index contributed by atoms with van der Waals surface area (Å²) in [5.41, 5.74) is 4.03. The van der Waals surface area contributed by atoms with E-state index in [0.29, 0.717) is 24.7 Å². The molecule has 0 aliphatic carbocycles. The molecule has 25 heavy (non-hydrogen) atoms. The minimum atomic E-state index is -0.0883. The average molecular weight is 334 g/mol. The van der Waals surface area contributed by atoms with E-state index in [4.69, 9.17) is 4.52 Å². The molecule has 1 aromatic carbocycles. The number of aryl methyl sites for hydroxylation is 2. The monoisotopic (exact) mass is 334 g/mol. The molecule has 3 heterocycles. The van der Waals surface area contributed by atoms with Crippen LogP contribution in [0.5, 0.6) is 0 Å². The number of carbonyl (C=O) groups is 1. The number of anilines is 1. The summed E-state index contributed by atoms with van der Waals surface area (Å²) in [7, 11) is 0. The summed E-state index contributed by atoms with van der Waals surface area (Å²) in [6.45, 7) is 4.61. The Morgan fingerprint density at radius 1 is 1.12 bits per heavy atom. The zero-order valence-corrected chi connectivity index (χ0v) is 14.1. The molecule has 1 unspecified atom stereocenters. The molecule has 2 aromatic heterocycles. The molecule has 1 amide bonds. The van der Waals surface area contributed by atoms with E-state index in [-0.39, 0.29) is 11.8 Å². The molecule has 0 saturated carbocycles. The van der Waals surface area contributed by atoms with Crippen molar-refractivity contribution in [2.75, 3.05) is 11.4 Å². The number of para-hydroxylation sites is 1. The lowest BCUT2D eigenvalue weighted by Crippen LogP contribution is -2.26. The van der Waals surface area contributed by atoms with Gasteiger partial charge in [-0.1, -0.05) is 23.4 Å². The Hall–Kier alpha value is -3.02. The van der Waals surface area contributed by atoms with Gasteiger partial charge in [-0.05, 0) is 37.1 Å². The van der Waals surface area contributed by atoms with Gasteiger partial charge in [0.25, 0.3) is 0 Å². The van der Waals surface area contributed by atoms with Crippen LogP contribution in [0.2, 0.25) is 0 Å². The van der Waals surface area contributed by atoms with Crippen molar-refractivity contribution in [1.82, 2.24) is 15.1 Å². The third kappa shape index (κ3) is 2.80. The first-order chi connectivity index (χ1) is 12.1. The number of rotatable bonds is 3. The lowest BCUT2D eigenvalue weighted by Gasteiger charge is -2.21. The molecular weight excluding hydrogens is 316 g/mol. The first-order valence-electron chi connectivity index (χ1n) is 8.24. The van der Waals surface area contributed by atoms with Gasteiger partial charge < -0.3 is 9.42 Å². The van der Waals surface area contributed by atoms with Crippen LogP contribution in [0.4, 0.5) is 5.69 Å². The highest BCUT2D eigenvalue weighted by molar-refractivity contribution is 5.97. The van der Waals surface area contributed by atoms with Crippen LogP contribution in [0.15, 0.2) is 47.2 Å². The maximum atomic E-state index is 12.6. The smallest absolute Gasteiger partial charge is 0.232 e. The van der Waals surface area contributed by atoms with Crippen molar-refractivity contribution in [3.63, 3.8) is 0 Å². The number of amides is 1. The maximum absolute atomic E-state index is 12.6. The summed E-state index contributed by atoms with van der Waals surface area (Å²) >= 11 is 0. The zero-order chi connectivity index (χ0) is 17.4. The van der Waals surface area contributed by atoms with Gasteiger partial charge in [0.1, 0.15) is 0 Å². The third-order valence-electron chi connectivity index (χ3n) is 4.56. The van der Waals surface area contributed by atoms with Crippen molar-refractivity contribution in [2.45, 2.75) is 26.2 Å². The number of carbonyl (C=O) groups excluding carboxylic acids is 1. The van der Waals surface area contributed by atoms with Crippen molar-refractivity contribution in [3.8, 4) is 11.4 Å². The van der Waals surface area contributed by atoms with Crippen LogP contribution in [0, 0.1) is 13.8 Å². The number of hydrogen-bond donors (Lipinski definition) is 0. The van der Waals surface area contributed by atoms with Crippen molar-refractivity contribution >= 4 is 11.6 Å². The minimum Gasteiger partial charge on any atom is -0.339 e. The van der Waals surface area contributed by atoms with E-state index in [1.807, 2.05) is 49.1 Å². The third-order valence-corrected chi connectivity index (χ3v) is 4.56. The highest BCUT2D eigenvalue weighted by Crippen LogP contribution is 2.35. The molecule has 0 N–H and O–H groups in total. The van der Waals surface area contributed by atoms with E-state index in [9.17, 15) is 4.79 Å². The van der Waals surface area contributed by atoms with Gasteiger partial charge in [0.2, 0.25) is 17.6 Å². The lowest BCUT2D eigenvalue weighted by atomic mass is 10.1. The highest BCUT2D eigenvalue weighted by atomic mass is 16.5. The second kappa shape index (κ2) is 6.12. The van der Waals surface area contributed by atoms with Gasteiger partial charge in [-0.2, -0.15) is 4.98 Å². The Morgan fingerprint density at radius 2 is 1.84 bits per heavy atom. The normalized spacial score (nSPS) is 17.3. The number of benzene rings is 1. The quantitative estimate of drug-likeness (QED) is 0.735. The Morgan fingerprint density at radius 3 is 2.56 bits per heavy atom. The second-order valence-corrected chi connectivity index (χ2v) is 6.34. The fourth-order valence-corrected chi connectivity index (χ4v) is 3.34. The fourth-order valence-electron chi connectivity index (χ4n) is 3.34. The van der Waals surface area contributed by atoms with E-state index >= 15 is 0 Å².